The lowest BCUT2D eigenvalue weighted by Gasteiger charge is -2.06. The molecule has 0 aliphatic carbocycles. The molecule has 0 saturated carbocycles. The van der Waals surface area contributed by atoms with Crippen molar-refractivity contribution in [2.24, 2.45) is 0 Å². The smallest absolute Gasteiger partial charge is 0.273 e. The molecule has 6 nitrogen and oxygen atoms in total. The zero-order chi connectivity index (χ0) is 10.7. The van der Waals surface area contributed by atoms with Crippen molar-refractivity contribution in [3.63, 3.8) is 0 Å². The fourth-order valence-corrected chi connectivity index (χ4v) is 0.822. The van der Waals surface area contributed by atoms with E-state index in [1.165, 1.54) is 0 Å². The van der Waals surface area contributed by atoms with Gasteiger partial charge in [-0.25, -0.2) is 0 Å². The van der Waals surface area contributed by atoms with E-state index in [1.54, 1.807) is 13.8 Å². The Kier molecular flexibility index (Phi) is 2.85. The molecule has 0 saturated heterocycles. The zero-order valence-corrected chi connectivity index (χ0v) is 7.85. The van der Waals surface area contributed by atoms with Crippen LogP contribution in [0.15, 0.2) is 6.07 Å². The first-order valence-corrected chi connectivity index (χ1v) is 4.07. The van der Waals surface area contributed by atoms with Gasteiger partial charge >= 0.3 is 0 Å². The summed E-state index contributed by atoms with van der Waals surface area (Å²) in [5, 5.41) is 27.1. The predicted molar refractivity (Wildman–Crippen MR) is 48.0 cm³/mol. The molecule has 0 aliphatic rings. The average Bonchev–Trinajstić information content (AvgIpc) is 2.08. The highest BCUT2D eigenvalue weighted by Gasteiger charge is 2.12. The highest BCUT2D eigenvalue weighted by Crippen LogP contribution is 2.19. The summed E-state index contributed by atoms with van der Waals surface area (Å²) in [7, 11) is 0. The molecule has 0 fully saturated rings. The molecule has 14 heavy (non-hydrogen) atoms. The second-order valence-corrected chi connectivity index (χ2v) is 3.07. The van der Waals surface area contributed by atoms with Gasteiger partial charge in [0.25, 0.3) is 11.8 Å². The van der Waals surface area contributed by atoms with Gasteiger partial charge in [0, 0.05) is 12.1 Å². The number of hydrogen-bond acceptors (Lipinski definition) is 5. The van der Waals surface area contributed by atoms with Crippen LogP contribution < -0.4 is 5.32 Å². The second kappa shape index (κ2) is 3.91. The average molecular weight is 197 g/mol. The van der Waals surface area contributed by atoms with Crippen molar-refractivity contribution < 1.29 is 15.0 Å². The largest absolute Gasteiger partial charge is 0.503 e. The Morgan fingerprint density at radius 2 is 2.07 bits per heavy atom. The van der Waals surface area contributed by atoms with Gasteiger partial charge in [-0.1, -0.05) is 0 Å². The molecule has 0 spiro atoms. The van der Waals surface area contributed by atoms with Gasteiger partial charge in [-0.15, -0.1) is 10.2 Å². The molecule has 3 N–H and O–H groups in total. The molecule has 1 amide bonds. The SMILES string of the molecule is CC(C)NC(=O)c1cc(O)c(O)nn1. The van der Waals surface area contributed by atoms with Crippen LogP contribution in [-0.2, 0) is 0 Å². The number of hydrogen-bond donors (Lipinski definition) is 3. The first-order valence-electron chi connectivity index (χ1n) is 4.07. The van der Waals surface area contributed by atoms with Crippen LogP contribution in [0.2, 0.25) is 0 Å². The molecule has 0 aliphatic heterocycles. The maximum Gasteiger partial charge on any atom is 0.273 e. The lowest BCUT2D eigenvalue weighted by atomic mass is 10.3. The number of nitrogens with zero attached hydrogens (tertiary/aromatic N) is 2. The van der Waals surface area contributed by atoms with Gasteiger partial charge in [0.1, 0.15) is 0 Å². The quantitative estimate of drug-likeness (QED) is 0.621. The minimum atomic E-state index is -0.592. The van der Waals surface area contributed by atoms with Crippen LogP contribution in [0.25, 0.3) is 0 Å². The van der Waals surface area contributed by atoms with Gasteiger partial charge in [-0.2, -0.15) is 0 Å². The molecular weight excluding hydrogens is 186 g/mol. The third-order valence-corrected chi connectivity index (χ3v) is 1.41. The van der Waals surface area contributed by atoms with Gasteiger partial charge in [0.05, 0.1) is 0 Å². The Labute approximate surface area is 80.6 Å². The van der Waals surface area contributed by atoms with Crippen LogP contribution in [0.3, 0.4) is 0 Å². The Bertz CT molecular complexity index is 352. The van der Waals surface area contributed by atoms with Gasteiger partial charge in [0.15, 0.2) is 11.4 Å². The van der Waals surface area contributed by atoms with Crippen LogP contribution >= 0.6 is 0 Å². The van der Waals surface area contributed by atoms with Gasteiger partial charge in [0.2, 0.25) is 0 Å². The summed E-state index contributed by atoms with van der Waals surface area (Å²) < 4.78 is 0. The van der Waals surface area contributed by atoms with E-state index in [0.717, 1.165) is 6.07 Å². The van der Waals surface area contributed by atoms with Crippen molar-refractivity contribution >= 4 is 5.91 Å². The molecular formula is C8H11N3O3. The van der Waals surface area contributed by atoms with Crippen LogP contribution in [0.1, 0.15) is 24.3 Å². The zero-order valence-electron chi connectivity index (χ0n) is 7.85. The lowest BCUT2D eigenvalue weighted by Crippen LogP contribution is -2.30. The Balaban J connectivity index is 2.86. The van der Waals surface area contributed by atoms with Gasteiger partial charge in [-0.05, 0) is 13.8 Å². The minimum absolute atomic E-state index is 0.0276. The van der Waals surface area contributed by atoms with Crippen LogP contribution in [-0.4, -0.2) is 32.4 Å². The monoisotopic (exact) mass is 197 g/mol. The summed E-state index contributed by atoms with van der Waals surface area (Å²) in [6.07, 6.45) is 0. The van der Waals surface area contributed by atoms with E-state index in [4.69, 9.17) is 10.2 Å². The molecule has 1 rings (SSSR count). The van der Waals surface area contributed by atoms with Crippen molar-refractivity contribution in [3.8, 4) is 11.6 Å². The maximum atomic E-state index is 11.3. The summed E-state index contributed by atoms with van der Waals surface area (Å²) in [4.78, 5) is 11.3. The molecule has 0 aromatic carbocycles. The van der Waals surface area contributed by atoms with Crippen molar-refractivity contribution in [1.82, 2.24) is 15.5 Å². The number of aromatic nitrogens is 2. The van der Waals surface area contributed by atoms with E-state index in [0.29, 0.717) is 0 Å². The first kappa shape index (κ1) is 10.2. The number of amides is 1. The summed E-state index contributed by atoms with van der Waals surface area (Å²) in [6.45, 7) is 3.59. The maximum absolute atomic E-state index is 11.3. The van der Waals surface area contributed by atoms with Crippen LogP contribution in [0.5, 0.6) is 11.6 Å². The number of carbonyl (C=O) groups is 1. The summed E-state index contributed by atoms with van der Waals surface area (Å²) >= 11 is 0. The number of rotatable bonds is 2. The van der Waals surface area contributed by atoms with E-state index >= 15 is 0 Å². The molecule has 0 radical (unpaired) electrons. The normalized spacial score (nSPS) is 10.2. The highest BCUT2D eigenvalue weighted by atomic mass is 16.3. The van der Waals surface area contributed by atoms with Crippen molar-refractivity contribution in [1.29, 1.82) is 0 Å². The fraction of sp³-hybridized carbons (Fsp3) is 0.375. The number of aromatic hydroxyl groups is 2. The number of carbonyl (C=O) groups excluding carboxylic acids is 1. The Morgan fingerprint density at radius 3 is 2.57 bits per heavy atom. The van der Waals surface area contributed by atoms with Crippen molar-refractivity contribution in [2.45, 2.75) is 19.9 Å². The lowest BCUT2D eigenvalue weighted by molar-refractivity contribution is 0.0936. The van der Waals surface area contributed by atoms with E-state index in [-0.39, 0.29) is 11.7 Å². The van der Waals surface area contributed by atoms with E-state index in [9.17, 15) is 4.79 Å². The van der Waals surface area contributed by atoms with Crippen LogP contribution in [0.4, 0.5) is 0 Å². The molecule has 1 aromatic heterocycles. The van der Waals surface area contributed by atoms with E-state index < -0.39 is 17.5 Å². The van der Waals surface area contributed by atoms with Crippen LogP contribution in [0, 0.1) is 0 Å². The predicted octanol–water partition coefficient (Wildman–Crippen LogP) is 0.0260. The Morgan fingerprint density at radius 1 is 1.43 bits per heavy atom. The third kappa shape index (κ3) is 2.32. The second-order valence-electron chi connectivity index (χ2n) is 3.07. The van der Waals surface area contributed by atoms with E-state index in [1.807, 2.05) is 0 Å². The summed E-state index contributed by atoms with van der Waals surface area (Å²) in [6, 6.07) is 1.03. The molecule has 0 bridgehead atoms. The molecule has 76 valence electrons. The van der Waals surface area contributed by atoms with Crippen molar-refractivity contribution in [3.05, 3.63) is 11.8 Å². The van der Waals surface area contributed by atoms with Gasteiger partial charge < -0.3 is 15.5 Å². The van der Waals surface area contributed by atoms with Crippen molar-refractivity contribution in [2.75, 3.05) is 0 Å². The molecule has 0 atom stereocenters. The number of nitrogens with one attached hydrogen (secondary N) is 1. The van der Waals surface area contributed by atoms with Gasteiger partial charge in [-0.3, -0.25) is 4.79 Å². The van der Waals surface area contributed by atoms with E-state index in [2.05, 4.69) is 15.5 Å². The standard InChI is InChI=1S/C8H11N3O3/c1-4(2)9-7(13)5-3-6(12)8(14)11-10-5/h3-4H,1-2H3,(H,9,13)(H,10,12)(H,11,14). The summed E-state index contributed by atoms with van der Waals surface area (Å²) in [5.41, 5.74) is -0.0333. The topological polar surface area (TPSA) is 95.3 Å². The third-order valence-electron chi connectivity index (χ3n) is 1.41. The highest BCUT2D eigenvalue weighted by molar-refractivity contribution is 5.92. The fourth-order valence-electron chi connectivity index (χ4n) is 0.822. The first-order chi connectivity index (χ1) is 6.50. The summed E-state index contributed by atoms with van der Waals surface area (Å²) in [5.74, 6) is -1.50. The minimum Gasteiger partial charge on any atom is -0.503 e. The molecule has 6 heteroatoms. The molecule has 1 aromatic rings. The Hall–Kier alpha value is -1.85. The molecule has 0 unspecified atom stereocenters. The molecule has 1 heterocycles.